The summed E-state index contributed by atoms with van der Waals surface area (Å²) in [6.07, 6.45) is 0.438. The van der Waals surface area contributed by atoms with E-state index in [4.69, 9.17) is 5.11 Å². The standard InChI is InChI=1S/C8H7FO2.C2H6/c1-5-6(4-10)8(11)3-2-7(5)9;1-2/h2-4,11H,1H3;1-2H3. The third-order valence-electron chi connectivity index (χ3n) is 1.54. The Morgan fingerprint density at radius 3 is 2.31 bits per heavy atom. The first-order chi connectivity index (χ1) is 6.16. The Kier molecular flexibility index (Phi) is 4.74. The molecule has 0 aliphatic heterocycles. The van der Waals surface area contributed by atoms with Gasteiger partial charge in [-0.2, -0.15) is 0 Å². The van der Waals surface area contributed by atoms with Gasteiger partial charge in [-0.1, -0.05) is 13.8 Å². The quantitative estimate of drug-likeness (QED) is 0.681. The van der Waals surface area contributed by atoms with Crippen molar-refractivity contribution < 1.29 is 14.3 Å². The summed E-state index contributed by atoms with van der Waals surface area (Å²) in [5, 5.41) is 9.02. The fourth-order valence-corrected chi connectivity index (χ4v) is 0.836. The van der Waals surface area contributed by atoms with Crippen molar-refractivity contribution in [3.63, 3.8) is 0 Å². The molecule has 1 rings (SSSR count). The minimum Gasteiger partial charge on any atom is -0.507 e. The van der Waals surface area contributed by atoms with Crippen molar-refractivity contribution in [2.75, 3.05) is 0 Å². The Labute approximate surface area is 77.0 Å². The van der Waals surface area contributed by atoms with Crippen LogP contribution in [0.1, 0.15) is 29.8 Å². The summed E-state index contributed by atoms with van der Waals surface area (Å²) in [4.78, 5) is 10.3. The highest BCUT2D eigenvalue weighted by atomic mass is 19.1. The molecule has 0 spiro atoms. The van der Waals surface area contributed by atoms with Gasteiger partial charge in [0.25, 0.3) is 0 Å². The summed E-state index contributed by atoms with van der Waals surface area (Å²) in [6, 6.07) is 2.28. The number of hydrogen-bond acceptors (Lipinski definition) is 2. The molecule has 1 aromatic carbocycles. The van der Waals surface area contributed by atoms with Gasteiger partial charge in [0.15, 0.2) is 6.29 Å². The fraction of sp³-hybridized carbons (Fsp3) is 0.300. The maximum absolute atomic E-state index is 12.7. The molecule has 0 unspecified atom stereocenters. The molecule has 0 aliphatic carbocycles. The second-order valence-electron chi connectivity index (χ2n) is 2.22. The van der Waals surface area contributed by atoms with Gasteiger partial charge in [-0.05, 0) is 24.6 Å². The van der Waals surface area contributed by atoms with Gasteiger partial charge in [-0.3, -0.25) is 4.79 Å². The van der Waals surface area contributed by atoms with Gasteiger partial charge in [0.1, 0.15) is 11.6 Å². The zero-order valence-corrected chi connectivity index (χ0v) is 7.97. The Bertz CT molecular complexity index is 295. The van der Waals surface area contributed by atoms with Crippen molar-refractivity contribution in [1.29, 1.82) is 0 Å². The molecule has 13 heavy (non-hydrogen) atoms. The highest BCUT2D eigenvalue weighted by Gasteiger charge is 2.06. The van der Waals surface area contributed by atoms with Crippen molar-refractivity contribution in [1.82, 2.24) is 0 Å². The molecule has 0 radical (unpaired) electrons. The number of hydrogen-bond donors (Lipinski definition) is 1. The van der Waals surface area contributed by atoms with E-state index in [9.17, 15) is 9.18 Å². The van der Waals surface area contributed by atoms with Crippen molar-refractivity contribution in [3.8, 4) is 5.75 Å². The van der Waals surface area contributed by atoms with Crippen molar-refractivity contribution >= 4 is 6.29 Å². The molecule has 0 amide bonds. The maximum atomic E-state index is 12.7. The molecule has 0 heterocycles. The van der Waals surface area contributed by atoms with Crippen molar-refractivity contribution in [2.24, 2.45) is 0 Å². The third-order valence-corrected chi connectivity index (χ3v) is 1.54. The summed E-state index contributed by atoms with van der Waals surface area (Å²) in [7, 11) is 0. The molecule has 0 saturated carbocycles. The van der Waals surface area contributed by atoms with Crippen LogP contribution in [0.2, 0.25) is 0 Å². The van der Waals surface area contributed by atoms with E-state index in [1.54, 1.807) is 0 Å². The first-order valence-electron chi connectivity index (χ1n) is 4.10. The first-order valence-corrected chi connectivity index (χ1v) is 4.10. The van der Waals surface area contributed by atoms with Crippen LogP contribution in [0.25, 0.3) is 0 Å². The summed E-state index contributed by atoms with van der Waals surface area (Å²) in [5.41, 5.74) is 0.199. The van der Waals surface area contributed by atoms with E-state index in [1.807, 2.05) is 13.8 Å². The Balaban J connectivity index is 0.000000671. The van der Waals surface area contributed by atoms with E-state index in [1.165, 1.54) is 6.92 Å². The van der Waals surface area contributed by atoms with E-state index >= 15 is 0 Å². The van der Waals surface area contributed by atoms with Crippen LogP contribution in [0.15, 0.2) is 12.1 Å². The van der Waals surface area contributed by atoms with E-state index in [0.29, 0.717) is 6.29 Å². The monoisotopic (exact) mass is 184 g/mol. The van der Waals surface area contributed by atoms with Gasteiger partial charge in [0, 0.05) is 0 Å². The topological polar surface area (TPSA) is 37.3 Å². The lowest BCUT2D eigenvalue weighted by Crippen LogP contribution is -1.90. The number of phenolic OH excluding ortho intramolecular Hbond substituents is 1. The molecule has 0 aliphatic rings. The molecule has 72 valence electrons. The van der Waals surface area contributed by atoms with E-state index < -0.39 is 5.82 Å². The highest BCUT2D eigenvalue weighted by molar-refractivity contribution is 5.81. The Hall–Kier alpha value is -1.38. The largest absolute Gasteiger partial charge is 0.507 e. The predicted octanol–water partition coefficient (Wildman–Crippen LogP) is 2.68. The minimum absolute atomic E-state index is 0.0185. The van der Waals surface area contributed by atoms with Gasteiger partial charge in [-0.15, -0.1) is 0 Å². The first kappa shape index (κ1) is 11.6. The molecular formula is C10H13FO2. The molecule has 1 aromatic rings. The molecule has 0 bridgehead atoms. The molecule has 3 heteroatoms. The lowest BCUT2D eigenvalue weighted by molar-refractivity contribution is 0.112. The van der Waals surface area contributed by atoms with Crippen LogP contribution in [0, 0.1) is 12.7 Å². The van der Waals surface area contributed by atoms with Gasteiger partial charge < -0.3 is 5.11 Å². The average molecular weight is 184 g/mol. The van der Waals surface area contributed by atoms with E-state index in [2.05, 4.69) is 0 Å². The van der Waals surface area contributed by atoms with Gasteiger partial charge in [0.2, 0.25) is 0 Å². The zero-order chi connectivity index (χ0) is 10.4. The number of phenols is 1. The summed E-state index contributed by atoms with van der Waals surface area (Å²) >= 11 is 0. The number of benzene rings is 1. The molecule has 0 saturated heterocycles. The van der Waals surface area contributed by atoms with Crippen LogP contribution in [0.3, 0.4) is 0 Å². The second-order valence-corrected chi connectivity index (χ2v) is 2.22. The molecular weight excluding hydrogens is 171 g/mol. The van der Waals surface area contributed by atoms with Crippen molar-refractivity contribution in [2.45, 2.75) is 20.8 Å². The van der Waals surface area contributed by atoms with Crippen LogP contribution in [-0.2, 0) is 0 Å². The van der Waals surface area contributed by atoms with Crippen LogP contribution >= 0.6 is 0 Å². The summed E-state index contributed by atoms with van der Waals surface area (Å²) in [6.45, 7) is 5.44. The van der Waals surface area contributed by atoms with Gasteiger partial charge >= 0.3 is 0 Å². The smallest absolute Gasteiger partial charge is 0.154 e. The van der Waals surface area contributed by atoms with Crippen LogP contribution in [-0.4, -0.2) is 11.4 Å². The molecule has 0 atom stereocenters. The fourth-order valence-electron chi connectivity index (χ4n) is 0.836. The van der Waals surface area contributed by atoms with E-state index in [-0.39, 0.29) is 16.9 Å². The predicted molar refractivity (Wildman–Crippen MR) is 49.5 cm³/mol. The van der Waals surface area contributed by atoms with Crippen molar-refractivity contribution in [3.05, 3.63) is 29.1 Å². The third kappa shape index (κ3) is 2.54. The van der Waals surface area contributed by atoms with Crippen LogP contribution < -0.4 is 0 Å². The van der Waals surface area contributed by atoms with Crippen LogP contribution in [0.4, 0.5) is 4.39 Å². The van der Waals surface area contributed by atoms with Gasteiger partial charge in [-0.25, -0.2) is 4.39 Å². The lowest BCUT2D eigenvalue weighted by atomic mass is 10.1. The molecule has 0 aromatic heterocycles. The van der Waals surface area contributed by atoms with Crippen LogP contribution in [0.5, 0.6) is 5.75 Å². The Morgan fingerprint density at radius 1 is 1.38 bits per heavy atom. The number of rotatable bonds is 1. The number of halogens is 1. The summed E-state index contributed by atoms with van der Waals surface area (Å²) in [5.74, 6) is -0.663. The highest BCUT2D eigenvalue weighted by Crippen LogP contribution is 2.20. The maximum Gasteiger partial charge on any atom is 0.154 e. The van der Waals surface area contributed by atoms with E-state index in [0.717, 1.165) is 12.1 Å². The number of aromatic hydroxyl groups is 1. The number of aldehydes is 1. The zero-order valence-electron chi connectivity index (χ0n) is 7.97. The molecule has 1 N–H and O–H groups in total. The molecule has 0 fully saturated rings. The molecule has 2 nitrogen and oxygen atoms in total. The lowest BCUT2D eigenvalue weighted by Gasteiger charge is -2.01. The number of carbonyl (C=O) groups excluding carboxylic acids is 1. The Morgan fingerprint density at radius 2 is 1.92 bits per heavy atom. The van der Waals surface area contributed by atoms with Gasteiger partial charge in [0.05, 0.1) is 5.56 Å². The second kappa shape index (κ2) is 5.30. The minimum atomic E-state index is -0.482. The summed E-state index contributed by atoms with van der Waals surface area (Å²) < 4.78 is 12.7. The normalized spacial score (nSPS) is 8.62. The SMILES string of the molecule is CC.Cc1c(F)ccc(O)c1C=O. The number of carbonyl (C=O) groups is 1. The average Bonchev–Trinajstić information content (AvgIpc) is 2.16.